The van der Waals surface area contributed by atoms with Crippen LogP contribution < -0.4 is 10.9 Å². The molecular weight excluding hydrogens is 242 g/mol. The van der Waals surface area contributed by atoms with Crippen molar-refractivity contribution in [3.8, 4) is 11.8 Å². The average molecular weight is 261 g/mol. The van der Waals surface area contributed by atoms with Gasteiger partial charge in [-0.3, -0.25) is 10.2 Å². The van der Waals surface area contributed by atoms with Gasteiger partial charge in [0, 0.05) is 16.7 Å². The van der Waals surface area contributed by atoms with Crippen LogP contribution in [0.5, 0.6) is 5.75 Å². The summed E-state index contributed by atoms with van der Waals surface area (Å²) in [6.45, 7) is 6.09. The molecule has 3 N–H and O–H groups in total. The number of aromatic hydroxyl groups is 1. The van der Waals surface area contributed by atoms with Crippen molar-refractivity contribution in [1.82, 2.24) is 10.9 Å². The first-order chi connectivity index (χ1) is 8.83. The molecule has 102 valence electrons. The molecule has 0 aliphatic heterocycles. The minimum absolute atomic E-state index is 0.0406. The Morgan fingerprint density at radius 2 is 2.11 bits per heavy atom. The lowest BCUT2D eigenvalue weighted by Gasteiger charge is -2.20. The van der Waals surface area contributed by atoms with Gasteiger partial charge in [-0.25, -0.2) is 5.43 Å². The monoisotopic (exact) mass is 261 g/mol. The first-order valence-corrected chi connectivity index (χ1v) is 6.05. The van der Waals surface area contributed by atoms with E-state index in [4.69, 9.17) is 5.26 Å². The number of hydrazine groups is 1. The molecule has 1 aromatic carbocycles. The topological polar surface area (TPSA) is 85.2 Å². The van der Waals surface area contributed by atoms with E-state index in [2.05, 4.69) is 10.9 Å². The summed E-state index contributed by atoms with van der Waals surface area (Å²) >= 11 is 0. The Kier molecular flexibility index (Phi) is 5.04. The third-order valence-electron chi connectivity index (χ3n) is 2.38. The Morgan fingerprint density at radius 1 is 1.42 bits per heavy atom. The summed E-state index contributed by atoms with van der Waals surface area (Å²) in [6.07, 6.45) is 0.0840. The Morgan fingerprint density at radius 3 is 2.68 bits per heavy atom. The van der Waals surface area contributed by atoms with E-state index in [1.54, 1.807) is 12.1 Å². The highest BCUT2D eigenvalue weighted by Crippen LogP contribution is 2.19. The minimum Gasteiger partial charge on any atom is -0.508 e. The van der Waals surface area contributed by atoms with E-state index in [9.17, 15) is 9.90 Å². The van der Waals surface area contributed by atoms with E-state index in [-0.39, 0.29) is 30.0 Å². The Bertz CT molecular complexity index is 498. The lowest BCUT2D eigenvalue weighted by Crippen LogP contribution is -2.47. The number of benzene rings is 1. The number of Topliss-reactive ketones (excluding diaryl/α,β-unsaturated/α-hetero) is 1. The molecule has 1 aromatic rings. The lowest BCUT2D eigenvalue weighted by molar-refractivity contribution is 0.0982. The van der Waals surface area contributed by atoms with Crippen LogP contribution in [0.25, 0.3) is 0 Å². The van der Waals surface area contributed by atoms with Crippen LogP contribution in [0.15, 0.2) is 18.2 Å². The van der Waals surface area contributed by atoms with Gasteiger partial charge in [0.25, 0.3) is 0 Å². The van der Waals surface area contributed by atoms with Crippen molar-refractivity contribution >= 4 is 5.78 Å². The number of carbonyl (C=O) groups is 1. The second-order valence-corrected chi connectivity index (χ2v) is 5.33. The fourth-order valence-electron chi connectivity index (χ4n) is 1.48. The number of rotatable bonds is 5. The molecule has 0 saturated carbocycles. The Hall–Kier alpha value is -1.90. The summed E-state index contributed by atoms with van der Waals surface area (Å²) in [7, 11) is 0. The molecular formula is C14H19N3O2. The van der Waals surface area contributed by atoms with Gasteiger partial charge in [-0.15, -0.1) is 0 Å². The summed E-state index contributed by atoms with van der Waals surface area (Å²) in [6, 6.07) is 6.50. The highest BCUT2D eigenvalue weighted by Gasteiger charge is 2.12. The molecule has 0 amide bonds. The number of ketones is 1. The number of nitrogens with one attached hydrogen (secondary N) is 2. The average Bonchev–Trinajstić information content (AvgIpc) is 2.30. The molecule has 1 rings (SSSR count). The summed E-state index contributed by atoms with van der Waals surface area (Å²) in [5.41, 5.74) is 6.69. The third kappa shape index (κ3) is 5.08. The number of hydrogen-bond acceptors (Lipinski definition) is 5. The second-order valence-electron chi connectivity index (χ2n) is 5.33. The van der Waals surface area contributed by atoms with Gasteiger partial charge in [0.1, 0.15) is 5.75 Å². The van der Waals surface area contributed by atoms with Gasteiger partial charge in [0.05, 0.1) is 19.0 Å². The molecule has 0 fully saturated rings. The highest BCUT2D eigenvalue weighted by atomic mass is 16.3. The molecule has 0 radical (unpaired) electrons. The molecule has 0 spiro atoms. The van der Waals surface area contributed by atoms with Crippen molar-refractivity contribution in [2.45, 2.75) is 32.7 Å². The SMILES string of the molecule is CC(C)(C)NNCC(=O)c1ccc(O)c(CC#N)c1. The maximum Gasteiger partial charge on any atom is 0.178 e. The molecule has 0 aromatic heterocycles. The van der Waals surface area contributed by atoms with Crippen LogP contribution in [0, 0.1) is 11.3 Å². The predicted molar refractivity (Wildman–Crippen MR) is 72.6 cm³/mol. The van der Waals surface area contributed by atoms with Crippen LogP contribution in [0.4, 0.5) is 0 Å². The maximum atomic E-state index is 11.9. The van der Waals surface area contributed by atoms with Gasteiger partial charge in [-0.05, 0) is 39.0 Å². The van der Waals surface area contributed by atoms with Crippen molar-refractivity contribution in [1.29, 1.82) is 5.26 Å². The van der Waals surface area contributed by atoms with Crippen LogP contribution in [-0.4, -0.2) is 23.0 Å². The molecule has 0 aliphatic rings. The summed E-state index contributed by atoms with van der Waals surface area (Å²) in [4.78, 5) is 11.9. The fraction of sp³-hybridized carbons (Fsp3) is 0.429. The molecule has 0 aliphatic carbocycles. The van der Waals surface area contributed by atoms with Gasteiger partial charge in [-0.2, -0.15) is 5.26 Å². The minimum atomic E-state index is -0.124. The van der Waals surface area contributed by atoms with Gasteiger partial charge < -0.3 is 5.11 Å². The summed E-state index contributed by atoms with van der Waals surface area (Å²) in [5.74, 6) is -0.0604. The first-order valence-electron chi connectivity index (χ1n) is 6.05. The molecule has 5 nitrogen and oxygen atoms in total. The largest absolute Gasteiger partial charge is 0.508 e. The normalized spacial score (nSPS) is 11.1. The molecule has 0 saturated heterocycles. The van der Waals surface area contributed by atoms with E-state index in [1.807, 2.05) is 26.8 Å². The van der Waals surface area contributed by atoms with E-state index in [0.29, 0.717) is 11.1 Å². The Labute approximate surface area is 113 Å². The zero-order chi connectivity index (χ0) is 14.5. The number of carbonyl (C=O) groups excluding carboxylic acids is 1. The number of phenols is 1. The van der Waals surface area contributed by atoms with E-state index in [1.165, 1.54) is 6.07 Å². The first kappa shape index (κ1) is 15.2. The van der Waals surface area contributed by atoms with Crippen molar-refractivity contribution in [3.63, 3.8) is 0 Å². The highest BCUT2D eigenvalue weighted by molar-refractivity contribution is 5.97. The van der Waals surface area contributed by atoms with E-state index in [0.717, 1.165) is 0 Å². The number of nitriles is 1. The maximum absolute atomic E-state index is 11.9. The van der Waals surface area contributed by atoms with Gasteiger partial charge in [-0.1, -0.05) is 0 Å². The van der Waals surface area contributed by atoms with E-state index >= 15 is 0 Å². The zero-order valence-corrected chi connectivity index (χ0v) is 11.4. The van der Waals surface area contributed by atoms with Crippen LogP contribution in [0.2, 0.25) is 0 Å². The standard InChI is InChI=1S/C14H19N3O2/c1-14(2,3)17-16-9-13(19)10-4-5-12(18)11(8-10)6-7-15/h4-5,8,16-18H,6,9H2,1-3H3. The molecule has 19 heavy (non-hydrogen) atoms. The van der Waals surface area contributed by atoms with Crippen molar-refractivity contribution in [2.24, 2.45) is 0 Å². The molecule has 0 bridgehead atoms. The van der Waals surface area contributed by atoms with Gasteiger partial charge in [0.15, 0.2) is 5.78 Å². The zero-order valence-electron chi connectivity index (χ0n) is 11.4. The van der Waals surface area contributed by atoms with Crippen molar-refractivity contribution < 1.29 is 9.90 Å². The number of hydrogen-bond donors (Lipinski definition) is 3. The number of phenolic OH excluding ortho intramolecular Hbond substituents is 1. The molecule has 0 unspecified atom stereocenters. The smallest absolute Gasteiger partial charge is 0.178 e. The lowest BCUT2D eigenvalue weighted by atomic mass is 10.0. The third-order valence-corrected chi connectivity index (χ3v) is 2.38. The van der Waals surface area contributed by atoms with Crippen molar-refractivity contribution in [3.05, 3.63) is 29.3 Å². The van der Waals surface area contributed by atoms with E-state index < -0.39 is 0 Å². The Balaban J connectivity index is 2.67. The summed E-state index contributed by atoms with van der Waals surface area (Å²) < 4.78 is 0. The van der Waals surface area contributed by atoms with Crippen LogP contribution in [-0.2, 0) is 6.42 Å². The quantitative estimate of drug-likeness (QED) is 0.553. The van der Waals surface area contributed by atoms with Crippen LogP contribution >= 0.6 is 0 Å². The summed E-state index contributed by atoms with van der Waals surface area (Å²) in [5, 5.41) is 18.2. The van der Waals surface area contributed by atoms with Crippen LogP contribution in [0.1, 0.15) is 36.7 Å². The molecule has 0 atom stereocenters. The second kappa shape index (κ2) is 6.32. The van der Waals surface area contributed by atoms with Crippen LogP contribution in [0.3, 0.4) is 0 Å². The predicted octanol–water partition coefficient (Wildman–Crippen LogP) is 1.53. The molecule has 5 heteroatoms. The molecule has 0 heterocycles. The van der Waals surface area contributed by atoms with Gasteiger partial charge in [0.2, 0.25) is 0 Å². The van der Waals surface area contributed by atoms with Gasteiger partial charge >= 0.3 is 0 Å². The van der Waals surface area contributed by atoms with Crippen molar-refractivity contribution in [2.75, 3.05) is 6.54 Å². The fourth-order valence-corrected chi connectivity index (χ4v) is 1.48. The number of nitrogens with zero attached hydrogens (tertiary/aromatic N) is 1.